The molecule has 2 N–H and O–H groups in total. The van der Waals surface area contributed by atoms with Gasteiger partial charge in [0, 0.05) is 12.3 Å². The molecule has 1 aromatic carbocycles. The highest BCUT2D eigenvalue weighted by molar-refractivity contribution is 7.90. The Morgan fingerprint density at radius 1 is 1.12 bits per heavy atom. The Bertz CT molecular complexity index is 711. The maximum Gasteiger partial charge on any atom is 0.332 e. The van der Waals surface area contributed by atoms with Crippen LogP contribution in [0.15, 0.2) is 6.07 Å². The van der Waals surface area contributed by atoms with Crippen LogP contribution < -0.4 is 10.0 Å². The third kappa shape index (κ3) is 3.72. The Balaban J connectivity index is 1.74. The van der Waals surface area contributed by atoms with Gasteiger partial charge in [-0.2, -0.15) is 0 Å². The molecular weight excluding hydrogens is 328 g/mol. The summed E-state index contributed by atoms with van der Waals surface area (Å²) in [5, 5.41) is 2.82. The molecule has 0 spiro atoms. The molecule has 2 aliphatic carbocycles. The van der Waals surface area contributed by atoms with E-state index in [4.69, 9.17) is 4.74 Å². The van der Waals surface area contributed by atoms with Gasteiger partial charge in [0.2, 0.25) is 10.0 Å². The number of hydrogen-bond donors (Lipinski definition) is 2. The molecule has 0 fully saturated rings. The smallest absolute Gasteiger partial charge is 0.332 e. The summed E-state index contributed by atoms with van der Waals surface area (Å²) >= 11 is 0. The van der Waals surface area contributed by atoms with E-state index in [9.17, 15) is 13.2 Å². The van der Waals surface area contributed by atoms with E-state index in [0.29, 0.717) is 6.61 Å². The average Bonchev–Trinajstić information content (AvgIpc) is 3.15. The van der Waals surface area contributed by atoms with E-state index in [2.05, 4.69) is 16.1 Å². The summed E-state index contributed by atoms with van der Waals surface area (Å²) in [5.41, 5.74) is 5.79. The summed E-state index contributed by atoms with van der Waals surface area (Å²) in [4.78, 5) is 12.2. The van der Waals surface area contributed by atoms with E-state index in [1.165, 1.54) is 22.3 Å². The zero-order chi connectivity index (χ0) is 17.2. The Kier molecular flexibility index (Phi) is 5.10. The summed E-state index contributed by atoms with van der Waals surface area (Å²) in [6.45, 7) is 2.32. The molecule has 0 aromatic heterocycles. The Labute approximate surface area is 143 Å². The topological polar surface area (TPSA) is 84.5 Å². The number of sulfonamides is 1. The first-order valence-corrected chi connectivity index (χ1v) is 10.2. The number of benzene rings is 1. The van der Waals surface area contributed by atoms with Crippen LogP contribution in [0.5, 0.6) is 0 Å². The molecule has 0 unspecified atom stereocenters. The third-order valence-electron chi connectivity index (χ3n) is 4.66. The molecule has 2 aliphatic rings. The summed E-state index contributed by atoms with van der Waals surface area (Å²) in [7, 11) is -3.69. The van der Waals surface area contributed by atoms with E-state index in [1.54, 1.807) is 6.92 Å². The van der Waals surface area contributed by atoms with Crippen LogP contribution in [0.4, 0.5) is 10.5 Å². The molecule has 0 bridgehead atoms. The maximum atomic E-state index is 12.2. The molecule has 3 rings (SSSR count). The number of nitrogens with one attached hydrogen (secondary N) is 2. The quantitative estimate of drug-likeness (QED) is 0.768. The molecule has 2 amide bonds. The molecule has 1 aromatic rings. The first-order valence-electron chi connectivity index (χ1n) is 8.56. The molecule has 0 aliphatic heterocycles. The summed E-state index contributed by atoms with van der Waals surface area (Å²) in [6, 6.07) is 1.59. The Hall–Kier alpha value is -1.60. The van der Waals surface area contributed by atoms with Crippen LogP contribution in [0.1, 0.15) is 42.0 Å². The fraction of sp³-hybridized carbons (Fsp3) is 0.588. The van der Waals surface area contributed by atoms with Gasteiger partial charge >= 0.3 is 6.03 Å². The van der Waals surface area contributed by atoms with E-state index in [1.807, 2.05) is 0 Å². The average molecular weight is 352 g/mol. The van der Waals surface area contributed by atoms with E-state index >= 15 is 0 Å². The van der Waals surface area contributed by atoms with Crippen LogP contribution >= 0.6 is 0 Å². The van der Waals surface area contributed by atoms with Crippen LogP contribution in [-0.2, 0) is 40.4 Å². The second kappa shape index (κ2) is 7.11. The predicted octanol–water partition coefficient (Wildman–Crippen LogP) is 2.15. The number of carbonyl (C=O) groups excluding carboxylic acids is 1. The summed E-state index contributed by atoms with van der Waals surface area (Å²) in [6.07, 6.45) is 6.12. The first kappa shape index (κ1) is 17.2. The zero-order valence-electron chi connectivity index (χ0n) is 14.0. The van der Waals surface area contributed by atoms with Gasteiger partial charge in [-0.25, -0.2) is 17.9 Å². The normalized spacial score (nSPS) is 15.9. The summed E-state index contributed by atoms with van der Waals surface area (Å²) < 4.78 is 31.0. The van der Waals surface area contributed by atoms with Crippen LogP contribution in [0, 0.1) is 0 Å². The van der Waals surface area contributed by atoms with Gasteiger partial charge in [-0.05, 0) is 67.7 Å². The van der Waals surface area contributed by atoms with Gasteiger partial charge in [0.1, 0.15) is 0 Å². The van der Waals surface area contributed by atoms with E-state index in [0.717, 1.165) is 44.2 Å². The maximum absolute atomic E-state index is 12.2. The van der Waals surface area contributed by atoms with E-state index in [-0.39, 0.29) is 12.4 Å². The Morgan fingerprint density at radius 3 is 2.33 bits per heavy atom. The number of aryl methyl sites for hydroxylation is 2. The highest BCUT2D eigenvalue weighted by Gasteiger charge is 2.25. The predicted molar refractivity (Wildman–Crippen MR) is 92.9 cm³/mol. The number of urea groups is 1. The molecule has 24 heavy (non-hydrogen) atoms. The molecule has 0 radical (unpaired) electrons. The minimum absolute atomic E-state index is 0.0786. The zero-order valence-corrected chi connectivity index (χ0v) is 14.8. The van der Waals surface area contributed by atoms with Crippen molar-refractivity contribution in [3.8, 4) is 0 Å². The second-order valence-electron chi connectivity index (χ2n) is 6.31. The van der Waals surface area contributed by atoms with Gasteiger partial charge in [0.25, 0.3) is 0 Å². The molecule has 0 atom stereocenters. The van der Waals surface area contributed by atoms with Crippen LogP contribution in [0.3, 0.4) is 0 Å². The fourth-order valence-electron chi connectivity index (χ4n) is 3.61. The molecule has 132 valence electrons. The van der Waals surface area contributed by atoms with Crippen molar-refractivity contribution in [2.45, 2.75) is 45.4 Å². The van der Waals surface area contributed by atoms with Crippen molar-refractivity contribution in [2.24, 2.45) is 0 Å². The van der Waals surface area contributed by atoms with Gasteiger partial charge in [-0.3, -0.25) is 0 Å². The SMILES string of the molecule is CCOCCS(=O)(=O)NC(=O)Nc1c2c(cc3c1CCC3)CCC2. The molecular formula is C17H24N2O4S. The van der Waals surface area contributed by atoms with Gasteiger partial charge in [0.05, 0.1) is 12.4 Å². The van der Waals surface area contributed by atoms with Gasteiger partial charge in [-0.1, -0.05) is 6.07 Å². The van der Waals surface area contributed by atoms with Crippen molar-refractivity contribution < 1.29 is 17.9 Å². The number of amides is 2. The van der Waals surface area contributed by atoms with E-state index < -0.39 is 16.1 Å². The number of ether oxygens (including phenoxy) is 1. The van der Waals surface area contributed by atoms with Crippen molar-refractivity contribution in [3.05, 3.63) is 28.3 Å². The third-order valence-corrected chi connectivity index (χ3v) is 5.86. The van der Waals surface area contributed by atoms with Crippen LogP contribution in [0.2, 0.25) is 0 Å². The van der Waals surface area contributed by atoms with Crippen LogP contribution in [-0.4, -0.2) is 33.4 Å². The van der Waals surface area contributed by atoms with Gasteiger partial charge in [0.15, 0.2) is 0 Å². The number of carbonyl (C=O) groups is 1. The lowest BCUT2D eigenvalue weighted by Crippen LogP contribution is -2.37. The molecule has 0 saturated carbocycles. The minimum atomic E-state index is -3.69. The van der Waals surface area contributed by atoms with Gasteiger partial charge in [-0.15, -0.1) is 0 Å². The highest BCUT2D eigenvalue weighted by atomic mass is 32.2. The van der Waals surface area contributed by atoms with Crippen molar-refractivity contribution in [1.82, 2.24) is 4.72 Å². The molecule has 7 heteroatoms. The molecule has 0 heterocycles. The van der Waals surface area contributed by atoms with Crippen molar-refractivity contribution in [3.63, 3.8) is 0 Å². The first-order chi connectivity index (χ1) is 11.5. The largest absolute Gasteiger partial charge is 0.381 e. The monoisotopic (exact) mass is 352 g/mol. The highest BCUT2D eigenvalue weighted by Crippen LogP contribution is 2.38. The molecule has 0 saturated heterocycles. The van der Waals surface area contributed by atoms with Crippen LogP contribution in [0.25, 0.3) is 0 Å². The lowest BCUT2D eigenvalue weighted by Gasteiger charge is -2.16. The number of hydrogen-bond acceptors (Lipinski definition) is 4. The lowest BCUT2D eigenvalue weighted by atomic mass is 9.99. The number of anilines is 1. The van der Waals surface area contributed by atoms with Gasteiger partial charge < -0.3 is 10.1 Å². The van der Waals surface area contributed by atoms with Crippen molar-refractivity contribution >= 4 is 21.7 Å². The number of fused-ring (bicyclic) bond motifs is 2. The van der Waals surface area contributed by atoms with Crippen molar-refractivity contribution in [2.75, 3.05) is 24.3 Å². The number of rotatable bonds is 6. The standard InChI is InChI=1S/C17H24N2O4S/c1-2-23-9-10-24(21,22)19-17(20)18-16-14-7-3-5-12(14)11-13-6-4-8-15(13)16/h11H,2-10H2,1H3,(H2,18,19,20). The minimum Gasteiger partial charge on any atom is -0.381 e. The Morgan fingerprint density at radius 2 is 1.75 bits per heavy atom. The summed E-state index contributed by atoms with van der Waals surface area (Å²) in [5.74, 6) is -0.223. The second-order valence-corrected chi connectivity index (χ2v) is 8.15. The molecule has 6 nitrogen and oxygen atoms in total. The van der Waals surface area contributed by atoms with Crippen molar-refractivity contribution in [1.29, 1.82) is 0 Å². The fourth-order valence-corrected chi connectivity index (χ4v) is 4.38. The lowest BCUT2D eigenvalue weighted by molar-refractivity contribution is 0.163.